The van der Waals surface area contributed by atoms with Crippen LogP contribution in [0.1, 0.15) is 30.0 Å². The maximum Gasteiger partial charge on any atom is 0.0715 e. The van der Waals surface area contributed by atoms with Gasteiger partial charge in [-0.05, 0) is 50.8 Å². The highest BCUT2D eigenvalue weighted by molar-refractivity contribution is 6.33. The average molecular weight is 227 g/mol. The highest BCUT2D eigenvalue weighted by atomic mass is 28.1. The Morgan fingerprint density at radius 2 is 1.69 bits per heavy atom. The molecule has 0 saturated carbocycles. The summed E-state index contributed by atoms with van der Waals surface area (Å²) in [6.07, 6.45) is 7.65. The fraction of sp³-hybridized carbons (Fsp3) is 0.333. The van der Waals surface area contributed by atoms with Gasteiger partial charge in [0.25, 0.3) is 0 Å². The van der Waals surface area contributed by atoms with Crippen molar-refractivity contribution < 1.29 is 0 Å². The van der Waals surface area contributed by atoms with Crippen LogP contribution in [0.4, 0.5) is 0 Å². The predicted octanol–water partition coefficient (Wildman–Crippen LogP) is 3.30. The summed E-state index contributed by atoms with van der Waals surface area (Å²) in [5.41, 5.74) is 5.48. The molecule has 16 heavy (non-hydrogen) atoms. The summed E-state index contributed by atoms with van der Waals surface area (Å²) in [4.78, 5) is 0. The third-order valence-electron chi connectivity index (χ3n) is 3.01. The van der Waals surface area contributed by atoms with Crippen LogP contribution in [0.2, 0.25) is 0 Å². The van der Waals surface area contributed by atoms with Crippen LogP contribution in [-0.4, -0.2) is 10.2 Å². The zero-order valence-corrected chi connectivity index (χ0v) is 11.6. The molecule has 1 aliphatic rings. The second-order valence-corrected chi connectivity index (χ2v) is 4.80. The van der Waals surface area contributed by atoms with Crippen LogP contribution in [-0.2, 0) is 0 Å². The average Bonchev–Trinajstić information content (AvgIpc) is 2.73. The van der Waals surface area contributed by atoms with E-state index in [1.807, 2.05) is 0 Å². The number of allylic oxidation sites excluding steroid dienone is 4. The van der Waals surface area contributed by atoms with Crippen LogP contribution >= 0.6 is 0 Å². The molecular weight excluding hydrogens is 208 g/mol. The van der Waals surface area contributed by atoms with Crippen molar-refractivity contribution in [2.75, 3.05) is 0 Å². The molecule has 0 saturated heterocycles. The Balaban J connectivity index is 0.000000181. The second-order valence-electron chi connectivity index (χ2n) is 4.27. The van der Waals surface area contributed by atoms with Gasteiger partial charge in [0.15, 0.2) is 0 Å². The zero-order valence-electron chi connectivity index (χ0n) is 10.6. The van der Waals surface area contributed by atoms with Gasteiger partial charge in [0.2, 0.25) is 0 Å². The van der Waals surface area contributed by atoms with Crippen molar-refractivity contribution >= 4 is 15.4 Å². The predicted molar refractivity (Wildman–Crippen MR) is 73.6 cm³/mol. The molecule has 0 nitrogen and oxygen atoms in total. The monoisotopic (exact) mass is 227 g/mol. The van der Waals surface area contributed by atoms with Gasteiger partial charge in [-0.1, -0.05) is 41.1 Å². The third-order valence-corrected chi connectivity index (χ3v) is 3.56. The summed E-state index contributed by atoms with van der Waals surface area (Å²) in [7, 11) is 3.53. The van der Waals surface area contributed by atoms with Gasteiger partial charge in [-0.25, -0.2) is 0 Å². The van der Waals surface area contributed by atoms with Crippen LogP contribution in [0.3, 0.4) is 0 Å². The number of benzene rings is 1. The minimum Gasteiger partial charge on any atom is -0.0805 e. The van der Waals surface area contributed by atoms with Crippen molar-refractivity contribution in [3.63, 3.8) is 0 Å². The molecule has 0 unspecified atom stereocenters. The molecule has 0 aromatic heterocycles. The van der Waals surface area contributed by atoms with Gasteiger partial charge in [0, 0.05) is 0 Å². The van der Waals surface area contributed by atoms with Crippen molar-refractivity contribution in [3.05, 3.63) is 52.6 Å². The Bertz CT molecular complexity index is 396. The van der Waals surface area contributed by atoms with E-state index in [1.54, 1.807) is 0 Å². The first-order chi connectivity index (χ1) is 7.52. The summed E-state index contributed by atoms with van der Waals surface area (Å²) in [6.45, 7) is 8.52. The standard InChI is InChI=1S/C9H11Si.C6H8/c1-6-4-5-9(10)8(3)7(6)2;1-6-4-2-3-5-6/h4-5H,1-3H3;2,4-5H,3H2,1H3. The summed E-state index contributed by atoms with van der Waals surface area (Å²) >= 11 is 0. The van der Waals surface area contributed by atoms with E-state index in [-0.39, 0.29) is 0 Å². The van der Waals surface area contributed by atoms with Crippen molar-refractivity contribution in [2.24, 2.45) is 0 Å². The lowest BCUT2D eigenvalue weighted by Crippen LogP contribution is -2.08. The van der Waals surface area contributed by atoms with E-state index in [0.717, 1.165) is 6.42 Å². The van der Waals surface area contributed by atoms with E-state index in [2.05, 4.69) is 68.3 Å². The highest BCUT2D eigenvalue weighted by Crippen LogP contribution is 2.08. The minimum atomic E-state index is 1.14. The molecule has 3 radical (unpaired) electrons. The van der Waals surface area contributed by atoms with Gasteiger partial charge in [0.1, 0.15) is 0 Å². The molecule has 1 aromatic rings. The van der Waals surface area contributed by atoms with E-state index >= 15 is 0 Å². The van der Waals surface area contributed by atoms with Crippen LogP contribution < -0.4 is 5.19 Å². The largest absolute Gasteiger partial charge is 0.0805 e. The maximum absolute atomic E-state index is 3.53. The Morgan fingerprint density at radius 3 is 2.06 bits per heavy atom. The molecule has 0 spiro atoms. The van der Waals surface area contributed by atoms with Crippen LogP contribution in [0.15, 0.2) is 35.9 Å². The van der Waals surface area contributed by atoms with Gasteiger partial charge in [0.05, 0.1) is 10.2 Å². The smallest absolute Gasteiger partial charge is 0.0715 e. The molecule has 1 aliphatic carbocycles. The number of hydrogen-bond acceptors (Lipinski definition) is 0. The number of rotatable bonds is 0. The minimum absolute atomic E-state index is 1.14. The number of hydrogen-bond donors (Lipinski definition) is 0. The topological polar surface area (TPSA) is 0 Å². The Labute approximate surface area is 103 Å². The van der Waals surface area contributed by atoms with Crippen molar-refractivity contribution in [3.8, 4) is 0 Å². The summed E-state index contributed by atoms with van der Waals surface area (Å²) < 4.78 is 0. The molecule has 2 rings (SSSR count). The molecule has 1 heteroatoms. The maximum atomic E-state index is 3.53. The third kappa shape index (κ3) is 3.49. The summed E-state index contributed by atoms with van der Waals surface area (Å²) in [5, 5.41) is 1.20. The molecule has 0 fully saturated rings. The first-order valence-electron chi connectivity index (χ1n) is 5.64. The van der Waals surface area contributed by atoms with E-state index in [9.17, 15) is 0 Å². The molecule has 83 valence electrons. The van der Waals surface area contributed by atoms with E-state index in [4.69, 9.17) is 0 Å². The Morgan fingerprint density at radius 1 is 1.00 bits per heavy atom. The van der Waals surface area contributed by atoms with Crippen molar-refractivity contribution in [1.82, 2.24) is 0 Å². The van der Waals surface area contributed by atoms with Gasteiger partial charge in [-0.15, -0.1) is 0 Å². The lowest BCUT2D eigenvalue weighted by Gasteiger charge is -2.06. The van der Waals surface area contributed by atoms with E-state index in [0.29, 0.717) is 0 Å². The Kier molecular flexibility index (Phi) is 4.75. The van der Waals surface area contributed by atoms with Gasteiger partial charge in [-0.2, -0.15) is 0 Å². The number of aryl methyl sites for hydroxylation is 1. The molecule has 0 bridgehead atoms. The Hall–Kier alpha value is -1.08. The molecule has 0 amide bonds. The second kappa shape index (κ2) is 5.85. The van der Waals surface area contributed by atoms with Gasteiger partial charge >= 0.3 is 0 Å². The molecule has 0 N–H and O–H groups in total. The summed E-state index contributed by atoms with van der Waals surface area (Å²) in [5.74, 6) is 0. The van der Waals surface area contributed by atoms with Crippen LogP contribution in [0.5, 0.6) is 0 Å². The quantitative estimate of drug-likeness (QED) is 0.597. The lowest BCUT2D eigenvalue weighted by atomic mass is 10.1. The van der Waals surface area contributed by atoms with Gasteiger partial charge in [-0.3, -0.25) is 0 Å². The first-order valence-corrected chi connectivity index (χ1v) is 6.14. The molecule has 1 aromatic carbocycles. The normalized spacial score (nSPS) is 13.2. The van der Waals surface area contributed by atoms with E-state index in [1.165, 1.54) is 27.5 Å². The molecule has 0 aliphatic heterocycles. The van der Waals surface area contributed by atoms with Crippen molar-refractivity contribution in [2.45, 2.75) is 34.1 Å². The van der Waals surface area contributed by atoms with E-state index < -0.39 is 0 Å². The fourth-order valence-electron chi connectivity index (χ4n) is 1.53. The van der Waals surface area contributed by atoms with Crippen LogP contribution in [0, 0.1) is 20.8 Å². The van der Waals surface area contributed by atoms with Gasteiger partial charge < -0.3 is 0 Å². The molecular formula is C15H19Si. The SMILES string of the molecule is CC1=CCC=C1.Cc1ccc([Si])c(C)c1C. The lowest BCUT2D eigenvalue weighted by molar-refractivity contribution is 1.28. The molecule has 0 heterocycles. The first kappa shape index (κ1) is 13.0. The fourth-order valence-corrected chi connectivity index (χ4v) is 1.80. The van der Waals surface area contributed by atoms with Crippen LogP contribution in [0.25, 0.3) is 0 Å². The zero-order chi connectivity index (χ0) is 12.1. The van der Waals surface area contributed by atoms with Crippen molar-refractivity contribution in [1.29, 1.82) is 0 Å². The highest BCUT2D eigenvalue weighted by Gasteiger charge is 1.97. The summed E-state index contributed by atoms with van der Waals surface area (Å²) in [6, 6.07) is 4.22. The molecule has 0 atom stereocenters.